The fraction of sp³-hybridized carbons (Fsp3) is 0.385. The predicted octanol–water partition coefficient (Wildman–Crippen LogP) is 1.87. The molecule has 19 heavy (non-hydrogen) atoms. The maximum Gasteiger partial charge on any atom is 0.258 e. The molecular formula is C13H13BrFN3O. The van der Waals surface area contributed by atoms with Crippen LogP contribution < -0.4 is 0 Å². The topological polar surface area (TPSA) is 47.3 Å². The summed E-state index contributed by atoms with van der Waals surface area (Å²) in [5, 5.41) is 8.62. The van der Waals surface area contributed by atoms with E-state index in [0.717, 1.165) is 0 Å². The highest BCUT2D eigenvalue weighted by Crippen LogP contribution is 2.22. The lowest BCUT2D eigenvalue weighted by molar-refractivity contribution is 0.0646. The lowest BCUT2D eigenvalue weighted by Crippen LogP contribution is -2.48. The van der Waals surface area contributed by atoms with Gasteiger partial charge in [-0.3, -0.25) is 9.69 Å². The molecule has 2 rings (SSSR count). The molecule has 1 saturated heterocycles. The van der Waals surface area contributed by atoms with E-state index in [1.807, 2.05) is 4.90 Å². The Hall–Kier alpha value is -1.45. The monoisotopic (exact) mass is 325 g/mol. The Labute approximate surface area is 119 Å². The van der Waals surface area contributed by atoms with Crippen molar-refractivity contribution in [2.45, 2.75) is 0 Å². The van der Waals surface area contributed by atoms with Crippen molar-refractivity contribution in [3.05, 3.63) is 34.1 Å². The van der Waals surface area contributed by atoms with Gasteiger partial charge in [-0.2, -0.15) is 5.26 Å². The summed E-state index contributed by atoms with van der Waals surface area (Å²) >= 11 is 3.21. The standard InChI is InChI=1S/C13H13BrFN3O/c14-10-2-1-3-11(15)12(10)13(19)18-8-6-17(5-4-16)7-9-18/h1-3H,5-9H2. The van der Waals surface area contributed by atoms with Crippen LogP contribution in [-0.2, 0) is 0 Å². The van der Waals surface area contributed by atoms with Crippen LogP contribution in [0.2, 0.25) is 0 Å². The second-order valence-electron chi connectivity index (χ2n) is 4.32. The zero-order valence-corrected chi connectivity index (χ0v) is 11.9. The molecule has 0 bridgehead atoms. The third kappa shape index (κ3) is 3.11. The van der Waals surface area contributed by atoms with E-state index in [0.29, 0.717) is 37.2 Å². The normalized spacial score (nSPS) is 16.2. The van der Waals surface area contributed by atoms with Crippen LogP contribution in [-0.4, -0.2) is 48.4 Å². The third-order valence-electron chi connectivity index (χ3n) is 3.13. The maximum atomic E-state index is 13.7. The second-order valence-corrected chi connectivity index (χ2v) is 5.18. The molecule has 0 unspecified atom stereocenters. The Bertz CT molecular complexity index is 501. The number of hydrogen-bond acceptors (Lipinski definition) is 3. The quantitative estimate of drug-likeness (QED) is 0.780. The zero-order chi connectivity index (χ0) is 13.8. The minimum atomic E-state index is -0.515. The van der Waals surface area contributed by atoms with Gasteiger partial charge in [-0.25, -0.2) is 4.39 Å². The summed E-state index contributed by atoms with van der Waals surface area (Å²) in [5.41, 5.74) is 0.0798. The van der Waals surface area contributed by atoms with Gasteiger partial charge < -0.3 is 4.90 Å². The number of amides is 1. The first-order valence-corrected chi connectivity index (χ1v) is 6.75. The van der Waals surface area contributed by atoms with Crippen LogP contribution in [0.5, 0.6) is 0 Å². The van der Waals surface area contributed by atoms with E-state index in [4.69, 9.17) is 5.26 Å². The average Bonchev–Trinajstić information content (AvgIpc) is 2.39. The first-order chi connectivity index (χ1) is 9.13. The molecule has 0 spiro atoms. The number of carbonyl (C=O) groups excluding carboxylic acids is 1. The van der Waals surface area contributed by atoms with E-state index in [-0.39, 0.29) is 11.5 Å². The van der Waals surface area contributed by atoms with Gasteiger partial charge >= 0.3 is 0 Å². The van der Waals surface area contributed by atoms with Gasteiger partial charge in [0.2, 0.25) is 0 Å². The average molecular weight is 326 g/mol. The van der Waals surface area contributed by atoms with Crippen molar-refractivity contribution in [3.63, 3.8) is 0 Å². The van der Waals surface area contributed by atoms with E-state index in [2.05, 4.69) is 22.0 Å². The van der Waals surface area contributed by atoms with E-state index >= 15 is 0 Å². The Morgan fingerprint density at radius 3 is 2.63 bits per heavy atom. The number of halogens is 2. The number of benzene rings is 1. The van der Waals surface area contributed by atoms with E-state index in [1.165, 1.54) is 6.07 Å². The van der Waals surface area contributed by atoms with Crippen molar-refractivity contribution >= 4 is 21.8 Å². The van der Waals surface area contributed by atoms with Gasteiger partial charge in [0.1, 0.15) is 5.82 Å². The van der Waals surface area contributed by atoms with Gasteiger partial charge in [0.25, 0.3) is 5.91 Å². The van der Waals surface area contributed by atoms with Crippen molar-refractivity contribution in [3.8, 4) is 6.07 Å². The number of nitrogens with zero attached hydrogens (tertiary/aromatic N) is 3. The van der Waals surface area contributed by atoms with Crippen molar-refractivity contribution in [1.82, 2.24) is 9.80 Å². The molecule has 4 nitrogen and oxygen atoms in total. The molecule has 1 heterocycles. The molecule has 0 atom stereocenters. The molecule has 6 heteroatoms. The number of hydrogen-bond donors (Lipinski definition) is 0. The van der Waals surface area contributed by atoms with Crippen molar-refractivity contribution < 1.29 is 9.18 Å². The largest absolute Gasteiger partial charge is 0.336 e. The highest BCUT2D eigenvalue weighted by atomic mass is 79.9. The minimum absolute atomic E-state index is 0.0798. The minimum Gasteiger partial charge on any atom is -0.336 e. The van der Waals surface area contributed by atoms with Crippen LogP contribution in [0.3, 0.4) is 0 Å². The predicted molar refractivity (Wildman–Crippen MR) is 72.1 cm³/mol. The van der Waals surface area contributed by atoms with Crippen LogP contribution in [0, 0.1) is 17.1 Å². The summed E-state index contributed by atoms with van der Waals surface area (Å²) in [6, 6.07) is 6.58. The molecule has 0 aliphatic carbocycles. The lowest BCUT2D eigenvalue weighted by atomic mass is 10.1. The van der Waals surface area contributed by atoms with Gasteiger partial charge in [0.05, 0.1) is 18.2 Å². The summed E-state index contributed by atoms with van der Waals surface area (Å²) in [5.74, 6) is -0.819. The summed E-state index contributed by atoms with van der Waals surface area (Å²) in [6.45, 7) is 2.69. The molecule has 1 aliphatic rings. The molecule has 1 aliphatic heterocycles. The van der Waals surface area contributed by atoms with Crippen molar-refractivity contribution in [2.24, 2.45) is 0 Å². The first-order valence-electron chi connectivity index (χ1n) is 5.96. The molecule has 0 saturated carbocycles. The second kappa shape index (κ2) is 6.13. The van der Waals surface area contributed by atoms with E-state index in [9.17, 15) is 9.18 Å². The molecule has 0 N–H and O–H groups in total. The van der Waals surface area contributed by atoms with Crippen molar-refractivity contribution in [1.29, 1.82) is 5.26 Å². The zero-order valence-electron chi connectivity index (χ0n) is 10.3. The van der Waals surface area contributed by atoms with Crippen LogP contribution >= 0.6 is 15.9 Å². The van der Waals surface area contributed by atoms with Crippen LogP contribution in [0.25, 0.3) is 0 Å². The molecule has 1 amide bonds. The molecule has 0 radical (unpaired) electrons. The number of piperazine rings is 1. The Balaban J connectivity index is 2.08. The van der Waals surface area contributed by atoms with Crippen LogP contribution in [0.15, 0.2) is 22.7 Å². The number of nitriles is 1. The fourth-order valence-corrected chi connectivity index (χ4v) is 2.58. The number of rotatable bonds is 2. The molecule has 100 valence electrons. The van der Waals surface area contributed by atoms with E-state index in [1.54, 1.807) is 17.0 Å². The van der Waals surface area contributed by atoms with E-state index < -0.39 is 5.82 Å². The SMILES string of the molecule is N#CCN1CCN(C(=O)c2c(F)cccc2Br)CC1. The van der Waals surface area contributed by atoms with Gasteiger partial charge in [-0.1, -0.05) is 6.07 Å². The molecule has 1 aromatic carbocycles. The summed E-state index contributed by atoms with van der Waals surface area (Å²) in [6.07, 6.45) is 0. The Morgan fingerprint density at radius 1 is 1.37 bits per heavy atom. The fourth-order valence-electron chi connectivity index (χ4n) is 2.07. The maximum absolute atomic E-state index is 13.7. The van der Waals surface area contributed by atoms with Gasteiger partial charge in [0, 0.05) is 30.7 Å². The Kier molecular flexibility index (Phi) is 4.51. The third-order valence-corrected chi connectivity index (χ3v) is 3.79. The molecule has 1 fully saturated rings. The summed E-state index contributed by atoms with van der Waals surface area (Å²) in [7, 11) is 0. The lowest BCUT2D eigenvalue weighted by Gasteiger charge is -2.33. The first kappa shape index (κ1) is 14.0. The van der Waals surface area contributed by atoms with Crippen LogP contribution in [0.1, 0.15) is 10.4 Å². The summed E-state index contributed by atoms with van der Waals surface area (Å²) < 4.78 is 14.2. The van der Waals surface area contributed by atoms with Crippen molar-refractivity contribution in [2.75, 3.05) is 32.7 Å². The molecular weight excluding hydrogens is 313 g/mol. The smallest absolute Gasteiger partial charge is 0.258 e. The Morgan fingerprint density at radius 2 is 2.05 bits per heavy atom. The summed E-state index contributed by atoms with van der Waals surface area (Å²) in [4.78, 5) is 15.9. The molecule has 0 aromatic heterocycles. The van der Waals surface area contributed by atoms with Gasteiger partial charge in [0.15, 0.2) is 0 Å². The molecule has 1 aromatic rings. The van der Waals surface area contributed by atoms with Gasteiger partial charge in [-0.15, -0.1) is 0 Å². The number of carbonyl (C=O) groups is 1. The van der Waals surface area contributed by atoms with Crippen LogP contribution in [0.4, 0.5) is 4.39 Å². The highest BCUT2D eigenvalue weighted by Gasteiger charge is 2.25. The van der Waals surface area contributed by atoms with Gasteiger partial charge in [-0.05, 0) is 28.1 Å². The highest BCUT2D eigenvalue weighted by molar-refractivity contribution is 9.10.